The predicted molar refractivity (Wildman–Crippen MR) is 65.5 cm³/mol. The van der Waals surface area contributed by atoms with Gasteiger partial charge in [-0.1, -0.05) is 23.7 Å². The van der Waals surface area contributed by atoms with E-state index < -0.39 is 0 Å². The summed E-state index contributed by atoms with van der Waals surface area (Å²) in [6, 6.07) is 10.4. The first-order chi connectivity index (χ1) is 8.22. The van der Waals surface area contributed by atoms with Crippen LogP contribution in [0.1, 0.15) is 21.0 Å². The van der Waals surface area contributed by atoms with Crippen LogP contribution in [0.5, 0.6) is 0 Å². The van der Waals surface area contributed by atoms with Gasteiger partial charge in [-0.3, -0.25) is 9.59 Å². The first-order valence-electron chi connectivity index (χ1n) is 4.91. The summed E-state index contributed by atoms with van der Waals surface area (Å²) >= 11 is 5.89. The van der Waals surface area contributed by atoms with Gasteiger partial charge in [-0.25, -0.2) is 4.98 Å². The molecule has 0 unspecified atom stereocenters. The molecule has 0 aliphatic rings. The van der Waals surface area contributed by atoms with Crippen molar-refractivity contribution in [1.29, 1.82) is 0 Å². The van der Waals surface area contributed by atoms with Gasteiger partial charge in [-0.15, -0.1) is 0 Å². The molecule has 0 spiro atoms. The van der Waals surface area contributed by atoms with Crippen LogP contribution in [0.4, 0.5) is 0 Å². The van der Waals surface area contributed by atoms with Crippen molar-refractivity contribution in [2.45, 2.75) is 0 Å². The lowest BCUT2D eigenvalue weighted by molar-refractivity contribution is 0.111. The van der Waals surface area contributed by atoms with Crippen molar-refractivity contribution in [3.05, 3.63) is 52.8 Å². The van der Waals surface area contributed by atoms with E-state index in [1.807, 2.05) is 6.07 Å². The van der Waals surface area contributed by atoms with Gasteiger partial charge < -0.3 is 0 Å². The van der Waals surface area contributed by atoms with E-state index in [0.717, 1.165) is 11.1 Å². The first-order valence-corrected chi connectivity index (χ1v) is 5.29. The van der Waals surface area contributed by atoms with Crippen LogP contribution < -0.4 is 0 Å². The molecule has 0 saturated heterocycles. The maximum atomic E-state index is 10.7. The topological polar surface area (TPSA) is 47.0 Å². The first kappa shape index (κ1) is 11.5. The van der Waals surface area contributed by atoms with Gasteiger partial charge in [0.15, 0.2) is 12.6 Å². The van der Waals surface area contributed by atoms with Gasteiger partial charge in [0.1, 0.15) is 11.4 Å². The molecule has 0 aliphatic heterocycles. The Hall–Kier alpha value is -2.00. The van der Waals surface area contributed by atoms with E-state index in [2.05, 4.69) is 4.98 Å². The molecule has 3 nitrogen and oxygen atoms in total. The Morgan fingerprint density at radius 2 is 1.59 bits per heavy atom. The van der Waals surface area contributed by atoms with Gasteiger partial charge >= 0.3 is 0 Å². The van der Waals surface area contributed by atoms with Crippen LogP contribution >= 0.6 is 11.6 Å². The van der Waals surface area contributed by atoms with Crippen molar-refractivity contribution in [3.63, 3.8) is 0 Å². The zero-order valence-corrected chi connectivity index (χ0v) is 9.52. The summed E-state index contributed by atoms with van der Waals surface area (Å²) in [6.07, 6.45) is 1.22. The number of nitrogens with zero attached hydrogens (tertiary/aromatic N) is 1. The Morgan fingerprint density at radius 3 is 2.12 bits per heavy atom. The Morgan fingerprint density at radius 1 is 0.941 bits per heavy atom. The SMILES string of the molecule is O=Cc1cc(-c2cccc(Cl)c2)cc(C=O)n1. The smallest absolute Gasteiger partial charge is 0.168 e. The van der Waals surface area contributed by atoms with Gasteiger partial charge in [0.25, 0.3) is 0 Å². The molecule has 4 heteroatoms. The average molecular weight is 246 g/mol. The van der Waals surface area contributed by atoms with Crippen molar-refractivity contribution in [3.8, 4) is 11.1 Å². The number of pyridine rings is 1. The van der Waals surface area contributed by atoms with Crippen LogP contribution in [-0.2, 0) is 0 Å². The van der Waals surface area contributed by atoms with Crippen LogP contribution in [-0.4, -0.2) is 17.6 Å². The minimum atomic E-state index is 0.226. The number of aldehydes is 2. The van der Waals surface area contributed by atoms with Crippen molar-refractivity contribution < 1.29 is 9.59 Å². The quantitative estimate of drug-likeness (QED) is 0.781. The summed E-state index contributed by atoms with van der Waals surface area (Å²) < 4.78 is 0. The van der Waals surface area contributed by atoms with Crippen molar-refractivity contribution in [2.24, 2.45) is 0 Å². The molecule has 0 amide bonds. The Bertz CT molecular complexity index is 555. The zero-order valence-electron chi connectivity index (χ0n) is 8.76. The van der Waals surface area contributed by atoms with E-state index in [4.69, 9.17) is 11.6 Å². The van der Waals surface area contributed by atoms with Gasteiger partial charge in [0, 0.05) is 5.02 Å². The van der Waals surface area contributed by atoms with Crippen molar-refractivity contribution in [1.82, 2.24) is 4.98 Å². The predicted octanol–water partition coefficient (Wildman–Crippen LogP) is 3.03. The van der Waals surface area contributed by atoms with Crippen molar-refractivity contribution >= 4 is 24.2 Å². The number of hydrogen-bond acceptors (Lipinski definition) is 3. The number of benzene rings is 1. The summed E-state index contributed by atoms with van der Waals surface area (Å²) in [7, 11) is 0. The highest BCUT2D eigenvalue weighted by Gasteiger charge is 2.04. The van der Waals surface area contributed by atoms with E-state index in [0.29, 0.717) is 17.6 Å². The third-order valence-electron chi connectivity index (χ3n) is 2.26. The molecule has 0 N–H and O–H groups in total. The summed E-state index contributed by atoms with van der Waals surface area (Å²) in [5.41, 5.74) is 2.03. The van der Waals surface area contributed by atoms with Crippen LogP contribution in [0.2, 0.25) is 5.02 Å². The van der Waals surface area contributed by atoms with Gasteiger partial charge in [0.2, 0.25) is 0 Å². The highest BCUT2D eigenvalue weighted by atomic mass is 35.5. The summed E-state index contributed by atoms with van der Waals surface area (Å²) in [5, 5.41) is 0.597. The van der Waals surface area contributed by atoms with Gasteiger partial charge in [0.05, 0.1) is 0 Å². The molecule has 0 radical (unpaired) electrons. The maximum absolute atomic E-state index is 10.7. The number of rotatable bonds is 3. The van der Waals surface area contributed by atoms with Gasteiger partial charge in [-0.2, -0.15) is 0 Å². The largest absolute Gasteiger partial charge is 0.296 e. The molecular formula is C13H8ClNO2. The fraction of sp³-hybridized carbons (Fsp3) is 0. The Kier molecular flexibility index (Phi) is 3.30. The van der Waals surface area contributed by atoms with E-state index in [-0.39, 0.29) is 11.4 Å². The van der Waals surface area contributed by atoms with E-state index in [1.54, 1.807) is 30.3 Å². The minimum absolute atomic E-state index is 0.226. The number of hydrogen-bond donors (Lipinski definition) is 0. The molecule has 1 aromatic carbocycles. The summed E-state index contributed by atoms with van der Waals surface area (Å²) in [5.74, 6) is 0. The Labute approximate surface area is 103 Å². The van der Waals surface area contributed by atoms with Crippen LogP contribution in [0.3, 0.4) is 0 Å². The molecule has 1 heterocycles. The molecule has 0 fully saturated rings. The summed E-state index contributed by atoms with van der Waals surface area (Å²) in [4.78, 5) is 25.3. The Balaban J connectivity index is 2.58. The molecule has 17 heavy (non-hydrogen) atoms. The van der Waals surface area contributed by atoms with Crippen LogP contribution in [0.25, 0.3) is 11.1 Å². The standard InChI is InChI=1S/C13H8ClNO2/c14-11-3-1-2-9(4-11)10-5-12(7-16)15-13(6-10)8-17/h1-8H. The number of carbonyl (C=O) groups excluding carboxylic acids is 2. The second-order valence-corrected chi connectivity index (χ2v) is 3.89. The number of carbonyl (C=O) groups is 2. The third-order valence-corrected chi connectivity index (χ3v) is 2.50. The monoisotopic (exact) mass is 245 g/mol. The molecule has 0 bridgehead atoms. The normalized spacial score (nSPS) is 9.94. The molecule has 0 atom stereocenters. The molecule has 84 valence electrons. The lowest BCUT2D eigenvalue weighted by Gasteiger charge is -2.03. The zero-order chi connectivity index (χ0) is 12.3. The number of halogens is 1. The second-order valence-electron chi connectivity index (χ2n) is 3.45. The number of aromatic nitrogens is 1. The van der Waals surface area contributed by atoms with Crippen LogP contribution in [0, 0.1) is 0 Å². The second kappa shape index (κ2) is 4.89. The lowest BCUT2D eigenvalue weighted by atomic mass is 10.1. The van der Waals surface area contributed by atoms with E-state index in [9.17, 15) is 9.59 Å². The summed E-state index contributed by atoms with van der Waals surface area (Å²) in [6.45, 7) is 0. The van der Waals surface area contributed by atoms with E-state index >= 15 is 0 Å². The molecule has 0 aliphatic carbocycles. The van der Waals surface area contributed by atoms with Crippen LogP contribution in [0.15, 0.2) is 36.4 Å². The lowest BCUT2D eigenvalue weighted by Crippen LogP contribution is -1.94. The highest BCUT2D eigenvalue weighted by Crippen LogP contribution is 2.23. The fourth-order valence-corrected chi connectivity index (χ4v) is 1.72. The molecule has 1 aromatic heterocycles. The maximum Gasteiger partial charge on any atom is 0.168 e. The van der Waals surface area contributed by atoms with Gasteiger partial charge in [-0.05, 0) is 35.4 Å². The average Bonchev–Trinajstić information content (AvgIpc) is 2.38. The van der Waals surface area contributed by atoms with Crippen molar-refractivity contribution in [2.75, 3.05) is 0 Å². The molecule has 2 rings (SSSR count). The van der Waals surface area contributed by atoms with E-state index in [1.165, 1.54) is 0 Å². The minimum Gasteiger partial charge on any atom is -0.296 e. The third kappa shape index (κ3) is 2.57. The molecular weight excluding hydrogens is 238 g/mol. The highest BCUT2D eigenvalue weighted by molar-refractivity contribution is 6.30. The fourth-order valence-electron chi connectivity index (χ4n) is 1.53. The molecule has 2 aromatic rings. The molecule has 0 saturated carbocycles.